The molecule has 1 atom stereocenters. The van der Waals surface area contributed by atoms with Gasteiger partial charge in [-0.1, -0.05) is 24.3 Å². The van der Waals surface area contributed by atoms with Crippen molar-refractivity contribution in [2.75, 3.05) is 5.73 Å². The van der Waals surface area contributed by atoms with Crippen LogP contribution >= 0.6 is 0 Å². The third-order valence-corrected chi connectivity index (χ3v) is 5.28. The predicted molar refractivity (Wildman–Crippen MR) is 96.8 cm³/mol. The van der Waals surface area contributed by atoms with Gasteiger partial charge in [0, 0.05) is 52.7 Å². The Balaban J connectivity index is 1.75. The topological polar surface area (TPSA) is 72.1 Å². The molecule has 124 valence electrons. The van der Waals surface area contributed by atoms with Gasteiger partial charge in [0.2, 0.25) is 0 Å². The molecule has 1 unspecified atom stereocenters. The minimum absolute atomic E-state index is 0.263. The molecule has 3 aromatic rings. The Bertz CT molecular complexity index is 982. The van der Waals surface area contributed by atoms with E-state index in [0.717, 1.165) is 52.4 Å². The minimum Gasteiger partial charge on any atom is -0.398 e. The largest absolute Gasteiger partial charge is 0.398 e. The number of nitrogens with zero attached hydrogens (tertiary/aromatic N) is 3. The van der Waals surface area contributed by atoms with Crippen LogP contribution in [-0.2, 0) is 11.3 Å². The molecule has 0 radical (unpaired) electrons. The predicted octanol–water partition coefficient (Wildman–Crippen LogP) is 3.10. The molecule has 1 aromatic carbocycles. The Morgan fingerprint density at radius 3 is 2.80 bits per heavy atom. The first-order valence-corrected chi connectivity index (χ1v) is 8.60. The molecule has 5 rings (SSSR count). The highest BCUT2D eigenvalue weighted by atomic mass is 16.1. The molecule has 5 heteroatoms. The second kappa shape index (κ2) is 5.36. The van der Waals surface area contributed by atoms with Crippen LogP contribution in [0.3, 0.4) is 0 Å². The van der Waals surface area contributed by atoms with E-state index in [2.05, 4.69) is 9.88 Å². The van der Waals surface area contributed by atoms with Crippen LogP contribution in [0.25, 0.3) is 22.0 Å². The molecule has 1 aliphatic heterocycles. The summed E-state index contributed by atoms with van der Waals surface area (Å²) in [5.41, 5.74) is 12.0. The summed E-state index contributed by atoms with van der Waals surface area (Å²) in [7, 11) is 0. The van der Waals surface area contributed by atoms with E-state index in [1.165, 1.54) is 0 Å². The average molecular weight is 330 g/mol. The van der Waals surface area contributed by atoms with Gasteiger partial charge in [-0.3, -0.25) is 14.9 Å². The highest BCUT2D eigenvalue weighted by Crippen LogP contribution is 2.45. The molecule has 3 heterocycles. The van der Waals surface area contributed by atoms with Crippen molar-refractivity contribution < 1.29 is 4.79 Å². The van der Waals surface area contributed by atoms with Crippen molar-refractivity contribution >= 4 is 22.9 Å². The first-order valence-electron chi connectivity index (χ1n) is 8.60. The number of rotatable bonds is 3. The van der Waals surface area contributed by atoms with Crippen molar-refractivity contribution in [1.29, 1.82) is 0 Å². The fourth-order valence-electron chi connectivity index (χ4n) is 3.93. The van der Waals surface area contributed by atoms with Gasteiger partial charge >= 0.3 is 0 Å². The number of fused-ring (bicyclic) bond motifs is 2. The summed E-state index contributed by atoms with van der Waals surface area (Å²) < 4.78 is 0. The average Bonchev–Trinajstić information content (AvgIpc) is 3.43. The van der Waals surface area contributed by atoms with E-state index in [4.69, 9.17) is 10.7 Å². The van der Waals surface area contributed by atoms with Crippen LogP contribution in [-0.4, -0.2) is 27.2 Å². The molecule has 1 fully saturated rings. The summed E-state index contributed by atoms with van der Waals surface area (Å²) in [5.74, 6) is 0. The molecule has 2 aromatic heterocycles. The van der Waals surface area contributed by atoms with E-state index >= 15 is 0 Å². The van der Waals surface area contributed by atoms with Crippen molar-refractivity contribution in [2.24, 2.45) is 0 Å². The lowest BCUT2D eigenvalue weighted by Crippen LogP contribution is -2.25. The first kappa shape index (κ1) is 14.5. The summed E-state index contributed by atoms with van der Waals surface area (Å²) in [6.45, 7) is 0.699. The number of carbonyl (C=O) groups is 1. The number of aldehydes is 1. The number of nitrogen functional groups attached to an aromatic ring is 1. The third-order valence-electron chi connectivity index (χ3n) is 5.28. The highest BCUT2D eigenvalue weighted by Gasteiger charge is 2.41. The molecule has 0 bridgehead atoms. The Labute approximate surface area is 145 Å². The normalized spacial score (nSPS) is 19.9. The summed E-state index contributed by atoms with van der Waals surface area (Å²) >= 11 is 0. The van der Waals surface area contributed by atoms with Gasteiger partial charge in [0.25, 0.3) is 0 Å². The molecular weight excluding hydrogens is 312 g/mol. The van der Waals surface area contributed by atoms with Crippen LogP contribution in [0.2, 0.25) is 0 Å². The lowest BCUT2D eigenvalue weighted by atomic mass is 9.98. The van der Waals surface area contributed by atoms with E-state index in [1.54, 1.807) is 6.20 Å². The minimum atomic E-state index is -0.263. The number of para-hydroxylation sites is 1. The lowest BCUT2D eigenvalue weighted by Gasteiger charge is -2.19. The van der Waals surface area contributed by atoms with Gasteiger partial charge in [0.05, 0.1) is 17.3 Å². The van der Waals surface area contributed by atoms with Crippen molar-refractivity contribution in [3.05, 3.63) is 54.0 Å². The second-order valence-electron chi connectivity index (χ2n) is 6.81. The lowest BCUT2D eigenvalue weighted by molar-refractivity contribution is -0.112. The van der Waals surface area contributed by atoms with Crippen LogP contribution in [0.5, 0.6) is 0 Å². The fraction of sp³-hybridized carbons (Fsp3) is 0.250. The molecule has 0 spiro atoms. The fourth-order valence-corrected chi connectivity index (χ4v) is 3.93. The number of pyridine rings is 2. The van der Waals surface area contributed by atoms with Crippen molar-refractivity contribution in [3.63, 3.8) is 0 Å². The summed E-state index contributed by atoms with van der Waals surface area (Å²) in [4.78, 5) is 23.2. The summed E-state index contributed by atoms with van der Waals surface area (Å²) in [5, 5.41) is 0.907. The van der Waals surface area contributed by atoms with Gasteiger partial charge in [-0.25, -0.2) is 0 Å². The highest BCUT2D eigenvalue weighted by molar-refractivity contribution is 6.01. The van der Waals surface area contributed by atoms with Gasteiger partial charge in [-0.15, -0.1) is 0 Å². The molecule has 5 nitrogen and oxygen atoms in total. The number of hydrogen-bond donors (Lipinski definition) is 1. The number of carbonyl (C=O) groups excluding carboxylic acids is 1. The molecular formula is C20H18N4O. The SMILES string of the molecule is Nc1c2c(nc3c(-c4cccnc4)cccc13)CN(C1CC1)C2C=O. The number of hydrogen-bond acceptors (Lipinski definition) is 5. The van der Waals surface area contributed by atoms with E-state index in [9.17, 15) is 4.79 Å². The smallest absolute Gasteiger partial charge is 0.141 e. The quantitative estimate of drug-likeness (QED) is 0.747. The molecule has 1 saturated carbocycles. The Hall–Kier alpha value is -2.79. The van der Waals surface area contributed by atoms with Crippen molar-refractivity contribution in [3.8, 4) is 11.1 Å². The van der Waals surface area contributed by atoms with Crippen molar-refractivity contribution in [1.82, 2.24) is 14.9 Å². The van der Waals surface area contributed by atoms with Crippen LogP contribution in [0, 0.1) is 0 Å². The van der Waals surface area contributed by atoms with E-state index in [0.29, 0.717) is 18.3 Å². The van der Waals surface area contributed by atoms with Crippen LogP contribution in [0.15, 0.2) is 42.7 Å². The number of nitrogens with two attached hydrogens (primary N) is 1. The molecule has 2 N–H and O–H groups in total. The Kier molecular flexibility index (Phi) is 3.12. The molecule has 2 aliphatic rings. The zero-order valence-electron chi connectivity index (χ0n) is 13.7. The van der Waals surface area contributed by atoms with Gasteiger partial charge in [-0.05, 0) is 18.9 Å². The van der Waals surface area contributed by atoms with E-state index in [-0.39, 0.29) is 6.04 Å². The number of anilines is 1. The molecule has 1 aliphatic carbocycles. The van der Waals surface area contributed by atoms with Gasteiger partial charge in [0.1, 0.15) is 6.29 Å². The Morgan fingerprint density at radius 1 is 1.20 bits per heavy atom. The monoisotopic (exact) mass is 330 g/mol. The third kappa shape index (κ3) is 2.16. The van der Waals surface area contributed by atoms with Crippen molar-refractivity contribution in [2.45, 2.75) is 31.5 Å². The zero-order valence-corrected chi connectivity index (χ0v) is 13.7. The second-order valence-corrected chi connectivity index (χ2v) is 6.81. The molecule has 25 heavy (non-hydrogen) atoms. The molecule has 0 saturated heterocycles. The number of benzene rings is 1. The van der Waals surface area contributed by atoms with Gasteiger partial charge < -0.3 is 10.5 Å². The first-order chi connectivity index (χ1) is 12.3. The van der Waals surface area contributed by atoms with Crippen LogP contribution in [0.1, 0.15) is 30.1 Å². The standard InChI is InChI=1S/C20H18N4O/c21-19-15-5-1-4-14(12-3-2-8-22-9-12)20(15)23-16-10-24(13-6-7-13)17(11-25)18(16)19/h1-5,8-9,11,13,17H,6-7,10H2,(H2,21,23). The zero-order chi connectivity index (χ0) is 17.0. The van der Waals surface area contributed by atoms with Gasteiger partial charge in [-0.2, -0.15) is 0 Å². The maximum absolute atomic E-state index is 11.8. The van der Waals surface area contributed by atoms with E-state index < -0.39 is 0 Å². The van der Waals surface area contributed by atoms with E-state index in [1.807, 2.05) is 36.5 Å². The summed E-state index contributed by atoms with van der Waals surface area (Å²) in [6, 6.07) is 10.2. The molecule has 0 amide bonds. The summed E-state index contributed by atoms with van der Waals surface area (Å²) in [6.07, 6.45) is 6.91. The number of aromatic nitrogens is 2. The Morgan fingerprint density at radius 2 is 2.08 bits per heavy atom. The van der Waals surface area contributed by atoms with Crippen LogP contribution < -0.4 is 5.73 Å². The maximum Gasteiger partial charge on any atom is 0.141 e. The van der Waals surface area contributed by atoms with Gasteiger partial charge in [0.15, 0.2) is 0 Å². The van der Waals surface area contributed by atoms with Crippen LogP contribution in [0.4, 0.5) is 5.69 Å². The maximum atomic E-state index is 11.8.